The number of aromatic amines is 1. The molecule has 0 bridgehead atoms. The summed E-state index contributed by atoms with van der Waals surface area (Å²) in [6.45, 7) is 2.16. The maximum absolute atomic E-state index is 10.9. The van der Waals surface area contributed by atoms with Gasteiger partial charge in [0, 0.05) is 5.56 Å². The molecule has 0 radical (unpaired) electrons. The largest absolute Gasteiger partial charge is 0.322 e. The second-order valence-electron chi connectivity index (χ2n) is 3.37. The predicted molar refractivity (Wildman–Crippen MR) is 62.2 cm³/mol. The molecule has 1 N–H and O–H groups in total. The van der Waals surface area contributed by atoms with Crippen molar-refractivity contribution >= 4 is 11.3 Å². The molecule has 0 saturated heterocycles. The lowest BCUT2D eigenvalue weighted by Gasteiger charge is -1.99. The maximum atomic E-state index is 10.9. The lowest BCUT2D eigenvalue weighted by Crippen LogP contribution is -1.90. The molecule has 2 rings (SSSR count). The van der Waals surface area contributed by atoms with Crippen molar-refractivity contribution in [3.05, 3.63) is 39.5 Å². The van der Waals surface area contributed by atoms with Crippen LogP contribution in [0.5, 0.6) is 0 Å². The number of hydrogen-bond donors (Lipinski definition) is 1. The number of H-pyrrole nitrogens is 1. The van der Waals surface area contributed by atoms with Gasteiger partial charge in [0.15, 0.2) is 0 Å². The van der Waals surface area contributed by atoms with Crippen LogP contribution in [-0.2, 0) is 6.42 Å². The summed E-state index contributed by atoms with van der Waals surface area (Å²) >= 11 is 1.14. The van der Waals surface area contributed by atoms with Crippen LogP contribution in [0.4, 0.5) is 0 Å². The first-order valence-corrected chi connectivity index (χ1v) is 5.76. The number of nitrogens with one attached hydrogen (secondary N) is 1. The fraction of sp³-hybridized carbons (Fsp3) is 0.273. The van der Waals surface area contributed by atoms with Gasteiger partial charge in [0.05, 0.1) is 0 Å². The Balaban J connectivity index is 2.27. The highest BCUT2D eigenvalue weighted by Gasteiger charge is 2.02. The number of nitrogens with zero attached hydrogens (tertiary/aromatic N) is 1. The summed E-state index contributed by atoms with van der Waals surface area (Å²) in [5.41, 5.74) is 2.32. The third kappa shape index (κ3) is 2.33. The van der Waals surface area contributed by atoms with Crippen LogP contribution in [0.3, 0.4) is 0 Å². The Morgan fingerprint density at radius 1 is 1.33 bits per heavy atom. The SMILES string of the molecule is CCCc1ccc(-c2n[nH]c(=O)s2)cc1. The molecular formula is C11H12N2OS. The molecular weight excluding hydrogens is 208 g/mol. The fourth-order valence-electron chi connectivity index (χ4n) is 1.46. The summed E-state index contributed by atoms with van der Waals surface area (Å²) in [6, 6.07) is 8.20. The Kier molecular flexibility index (Phi) is 2.97. The van der Waals surface area contributed by atoms with E-state index in [0.29, 0.717) is 0 Å². The van der Waals surface area contributed by atoms with Crippen LogP contribution in [0.2, 0.25) is 0 Å². The fourth-order valence-corrected chi connectivity index (χ4v) is 2.07. The molecule has 1 aromatic carbocycles. The van der Waals surface area contributed by atoms with Crippen molar-refractivity contribution in [3.63, 3.8) is 0 Å². The van der Waals surface area contributed by atoms with Crippen LogP contribution in [0.25, 0.3) is 10.6 Å². The number of hydrogen-bond acceptors (Lipinski definition) is 3. The summed E-state index contributed by atoms with van der Waals surface area (Å²) in [5.74, 6) is 0. The standard InChI is InChI=1S/C11H12N2OS/c1-2-3-8-4-6-9(7-5-8)10-12-13-11(14)15-10/h4-7H,2-3H2,1H3,(H,13,14). The zero-order valence-corrected chi connectivity index (χ0v) is 9.30. The normalized spacial score (nSPS) is 10.5. The van der Waals surface area contributed by atoms with Crippen LogP contribution in [0, 0.1) is 0 Å². The molecule has 78 valence electrons. The average molecular weight is 220 g/mol. The summed E-state index contributed by atoms with van der Waals surface area (Å²) in [5, 5.41) is 7.12. The molecule has 0 aliphatic rings. The van der Waals surface area contributed by atoms with Gasteiger partial charge in [-0.3, -0.25) is 4.79 Å². The zero-order valence-electron chi connectivity index (χ0n) is 8.49. The van der Waals surface area contributed by atoms with Crippen LogP contribution >= 0.6 is 11.3 Å². The van der Waals surface area contributed by atoms with E-state index in [0.717, 1.165) is 34.7 Å². The molecule has 0 fully saturated rings. The lowest BCUT2D eigenvalue weighted by atomic mass is 10.1. The summed E-state index contributed by atoms with van der Waals surface area (Å²) in [6.07, 6.45) is 2.24. The predicted octanol–water partition coefficient (Wildman–Crippen LogP) is 2.45. The van der Waals surface area contributed by atoms with Crippen LogP contribution in [-0.4, -0.2) is 10.2 Å². The van der Waals surface area contributed by atoms with Crippen LogP contribution in [0.15, 0.2) is 29.1 Å². The monoisotopic (exact) mass is 220 g/mol. The van der Waals surface area contributed by atoms with Crippen molar-refractivity contribution in [1.82, 2.24) is 10.2 Å². The average Bonchev–Trinajstić information content (AvgIpc) is 2.67. The lowest BCUT2D eigenvalue weighted by molar-refractivity contribution is 0.922. The Bertz CT molecular complexity index is 484. The van der Waals surface area contributed by atoms with Crippen LogP contribution in [0.1, 0.15) is 18.9 Å². The third-order valence-corrected chi connectivity index (χ3v) is 2.97. The van der Waals surface area contributed by atoms with E-state index >= 15 is 0 Å². The van der Waals surface area contributed by atoms with Gasteiger partial charge in [-0.15, -0.1) is 0 Å². The Morgan fingerprint density at radius 3 is 2.60 bits per heavy atom. The first kappa shape index (κ1) is 10.1. The number of aryl methyl sites for hydroxylation is 1. The molecule has 1 aromatic heterocycles. The molecule has 3 nitrogen and oxygen atoms in total. The molecule has 2 aromatic rings. The van der Waals surface area contributed by atoms with E-state index in [4.69, 9.17) is 0 Å². The molecule has 0 aliphatic carbocycles. The van der Waals surface area contributed by atoms with Gasteiger partial charge in [-0.05, 0) is 12.0 Å². The highest BCUT2D eigenvalue weighted by Crippen LogP contribution is 2.19. The quantitative estimate of drug-likeness (QED) is 0.863. The van der Waals surface area contributed by atoms with E-state index in [9.17, 15) is 4.79 Å². The van der Waals surface area contributed by atoms with Gasteiger partial charge in [-0.25, -0.2) is 5.10 Å². The van der Waals surface area contributed by atoms with Gasteiger partial charge in [0.2, 0.25) is 0 Å². The molecule has 0 amide bonds. The van der Waals surface area contributed by atoms with E-state index < -0.39 is 0 Å². The van der Waals surface area contributed by atoms with Crippen molar-refractivity contribution in [2.75, 3.05) is 0 Å². The number of rotatable bonds is 3. The van der Waals surface area contributed by atoms with Gasteiger partial charge in [0.1, 0.15) is 5.01 Å². The second kappa shape index (κ2) is 4.40. The van der Waals surface area contributed by atoms with E-state index in [1.807, 2.05) is 12.1 Å². The van der Waals surface area contributed by atoms with Gasteiger partial charge in [0.25, 0.3) is 0 Å². The zero-order chi connectivity index (χ0) is 10.7. The second-order valence-corrected chi connectivity index (χ2v) is 4.33. The minimum atomic E-state index is -0.109. The highest BCUT2D eigenvalue weighted by molar-refractivity contribution is 7.12. The van der Waals surface area contributed by atoms with Crippen LogP contribution < -0.4 is 4.87 Å². The smallest absolute Gasteiger partial charge is 0.255 e. The minimum Gasteiger partial charge on any atom is -0.255 e. The number of benzene rings is 1. The summed E-state index contributed by atoms with van der Waals surface area (Å²) in [7, 11) is 0. The van der Waals surface area contributed by atoms with Gasteiger partial charge < -0.3 is 0 Å². The topological polar surface area (TPSA) is 45.8 Å². The Hall–Kier alpha value is -1.42. The molecule has 0 spiro atoms. The molecule has 15 heavy (non-hydrogen) atoms. The molecule has 0 aliphatic heterocycles. The van der Waals surface area contributed by atoms with Gasteiger partial charge in [-0.1, -0.05) is 48.9 Å². The first-order chi connectivity index (χ1) is 7.29. The first-order valence-electron chi connectivity index (χ1n) is 4.94. The Morgan fingerprint density at radius 2 is 2.07 bits per heavy atom. The molecule has 0 saturated carbocycles. The maximum Gasteiger partial charge on any atom is 0.322 e. The molecule has 1 heterocycles. The molecule has 0 unspecified atom stereocenters. The number of aromatic nitrogens is 2. The van der Waals surface area contributed by atoms with Gasteiger partial charge in [-0.2, -0.15) is 5.10 Å². The third-order valence-electron chi connectivity index (χ3n) is 2.18. The van der Waals surface area contributed by atoms with Gasteiger partial charge >= 0.3 is 4.87 Å². The van der Waals surface area contributed by atoms with Crippen molar-refractivity contribution in [1.29, 1.82) is 0 Å². The van der Waals surface area contributed by atoms with E-state index in [1.54, 1.807) is 0 Å². The van der Waals surface area contributed by atoms with E-state index in [2.05, 4.69) is 29.3 Å². The molecule has 4 heteroatoms. The summed E-state index contributed by atoms with van der Waals surface area (Å²) < 4.78 is 0. The molecule has 0 atom stereocenters. The van der Waals surface area contributed by atoms with E-state index in [1.165, 1.54) is 5.56 Å². The summed E-state index contributed by atoms with van der Waals surface area (Å²) in [4.78, 5) is 10.8. The van der Waals surface area contributed by atoms with Crippen molar-refractivity contribution in [2.45, 2.75) is 19.8 Å². The minimum absolute atomic E-state index is 0.109. The highest BCUT2D eigenvalue weighted by atomic mass is 32.1. The van der Waals surface area contributed by atoms with Crippen molar-refractivity contribution < 1.29 is 0 Å². The van der Waals surface area contributed by atoms with E-state index in [-0.39, 0.29) is 4.87 Å². The Labute approximate surface area is 91.8 Å². The van der Waals surface area contributed by atoms with Crippen molar-refractivity contribution in [2.24, 2.45) is 0 Å². The van der Waals surface area contributed by atoms with Crippen molar-refractivity contribution in [3.8, 4) is 10.6 Å².